The molecule has 1 amide bonds. The average Bonchev–Trinajstić information content (AvgIpc) is 3.20. The van der Waals surface area contributed by atoms with Crippen molar-refractivity contribution in [3.05, 3.63) is 17.5 Å². The normalized spacial score (nSPS) is 26.7. The van der Waals surface area contributed by atoms with Crippen LogP contribution in [-0.2, 0) is 16.6 Å². The second-order valence-electron chi connectivity index (χ2n) is 6.82. The molecule has 0 spiro atoms. The molecule has 6 nitrogen and oxygen atoms in total. The van der Waals surface area contributed by atoms with E-state index in [9.17, 15) is 18.7 Å². The van der Waals surface area contributed by atoms with E-state index in [1.54, 1.807) is 17.9 Å². The number of aliphatic hydroxyl groups is 1. The Kier molecular flexibility index (Phi) is 4.37. The summed E-state index contributed by atoms with van der Waals surface area (Å²) in [5.74, 6) is -5.23. The Balaban J connectivity index is 1.74. The van der Waals surface area contributed by atoms with Crippen molar-refractivity contribution in [3.8, 4) is 0 Å². The molecule has 2 atom stereocenters. The van der Waals surface area contributed by atoms with E-state index in [1.165, 1.54) is 0 Å². The van der Waals surface area contributed by atoms with E-state index in [0.29, 0.717) is 25.9 Å². The largest absolute Gasteiger partial charge is 0.383 e. The van der Waals surface area contributed by atoms with E-state index in [-0.39, 0.29) is 12.8 Å². The van der Waals surface area contributed by atoms with E-state index in [4.69, 9.17) is 4.74 Å². The summed E-state index contributed by atoms with van der Waals surface area (Å²) < 4.78 is 36.2. The fourth-order valence-electron chi connectivity index (χ4n) is 3.69. The van der Waals surface area contributed by atoms with Crippen molar-refractivity contribution in [2.75, 3.05) is 6.61 Å². The number of halogens is 2. The Bertz CT molecular complexity index is 626. The number of aromatic nitrogens is 2. The van der Waals surface area contributed by atoms with Crippen LogP contribution in [0.4, 0.5) is 8.78 Å². The van der Waals surface area contributed by atoms with Crippen LogP contribution in [-0.4, -0.2) is 45.0 Å². The quantitative estimate of drug-likeness (QED) is 0.871. The van der Waals surface area contributed by atoms with Crippen molar-refractivity contribution in [2.24, 2.45) is 7.05 Å². The molecule has 0 unspecified atom stereocenters. The molecule has 8 heteroatoms. The number of hydrogen-bond donors (Lipinski definition) is 2. The molecule has 2 fully saturated rings. The van der Waals surface area contributed by atoms with E-state index < -0.39 is 29.6 Å². The van der Waals surface area contributed by atoms with Gasteiger partial charge in [0.1, 0.15) is 11.7 Å². The highest BCUT2D eigenvalue weighted by molar-refractivity contribution is 5.85. The fraction of sp³-hybridized carbons (Fsp3) is 0.750. The first-order valence-corrected chi connectivity index (χ1v) is 8.27. The van der Waals surface area contributed by atoms with Gasteiger partial charge in [0.2, 0.25) is 0 Å². The van der Waals surface area contributed by atoms with Gasteiger partial charge >= 0.3 is 5.92 Å². The van der Waals surface area contributed by atoms with Crippen molar-refractivity contribution in [2.45, 2.75) is 62.7 Å². The van der Waals surface area contributed by atoms with E-state index in [1.807, 2.05) is 6.92 Å². The number of amides is 1. The molecular formula is C16H23F2N3O3. The Labute approximate surface area is 139 Å². The van der Waals surface area contributed by atoms with Crippen molar-refractivity contribution in [1.29, 1.82) is 0 Å². The molecule has 0 radical (unpaired) electrons. The van der Waals surface area contributed by atoms with Gasteiger partial charge in [-0.05, 0) is 26.2 Å². The number of carbonyl (C=O) groups excluding carboxylic acids is 1. The molecule has 2 heterocycles. The SMILES string of the molecule is Cc1nn(C)cc1[C@H]1OCC[C@@H]1NC(=O)C(F)(F)C1(O)CCCC1. The summed E-state index contributed by atoms with van der Waals surface area (Å²) in [6.45, 7) is 2.19. The predicted octanol–water partition coefficient (Wildman–Crippen LogP) is 1.62. The monoisotopic (exact) mass is 343 g/mol. The maximum Gasteiger partial charge on any atom is 0.352 e. The Morgan fingerprint density at radius 1 is 1.50 bits per heavy atom. The number of nitrogens with zero attached hydrogens (tertiary/aromatic N) is 2. The van der Waals surface area contributed by atoms with Crippen LogP contribution in [0.15, 0.2) is 6.20 Å². The number of ether oxygens (including phenoxy) is 1. The van der Waals surface area contributed by atoms with Crippen LogP contribution in [0.2, 0.25) is 0 Å². The van der Waals surface area contributed by atoms with E-state index in [0.717, 1.165) is 11.3 Å². The highest BCUT2D eigenvalue weighted by atomic mass is 19.3. The molecule has 1 saturated heterocycles. The van der Waals surface area contributed by atoms with Gasteiger partial charge in [-0.3, -0.25) is 9.48 Å². The predicted molar refractivity (Wildman–Crippen MR) is 81.6 cm³/mol. The second kappa shape index (κ2) is 6.07. The molecule has 2 aliphatic rings. The Hall–Kier alpha value is -1.54. The smallest absolute Gasteiger partial charge is 0.352 e. The standard InChI is InChI=1S/C16H23F2N3O3/c1-10-11(9-21(2)20-10)13-12(5-8-24-13)19-14(22)16(17,18)15(23)6-3-4-7-15/h9,12-13,23H,3-8H2,1-2H3,(H,19,22)/t12-,13+/m0/s1. The molecular weight excluding hydrogens is 320 g/mol. The lowest BCUT2D eigenvalue weighted by Gasteiger charge is -2.32. The molecule has 24 heavy (non-hydrogen) atoms. The lowest BCUT2D eigenvalue weighted by Crippen LogP contribution is -2.57. The van der Waals surface area contributed by atoms with Gasteiger partial charge in [-0.2, -0.15) is 13.9 Å². The number of rotatable bonds is 4. The summed E-state index contributed by atoms with van der Waals surface area (Å²) >= 11 is 0. The third-order valence-electron chi connectivity index (χ3n) is 5.07. The first-order valence-electron chi connectivity index (χ1n) is 8.27. The third kappa shape index (κ3) is 2.82. The molecule has 134 valence electrons. The van der Waals surface area contributed by atoms with Gasteiger partial charge in [-0.15, -0.1) is 0 Å². The van der Waals surface area contributed by atoms with Crippen molar-refractivity contribution in [3.63, 3.8) is 0 Å². The van der Waals surface area contributed by atoms with Gasteiger partial charge in [-0.25, -0.2) is 0 Å². The molecule has 0 bridgehead atoms. The lowest BCUT2D eigenvalue weighted by atomic mass is 9.92. The molecule has 1 aliphatic carbocycles. The number of aryl methyl sites for hydroxylation is 2. The van der Waals surface area contributed by atoms with E-state index >= 15 is 0 Å². The van der Waals surface area contributed by atoms with Crippen LogP contribution >= 0.6 is 0 Å². The van der Waals surface area contributed by atoms with Gasteiger partial charge in [0.25, 0.3) is 5.91 Å². The summed E-state index contributed by atoms with van der Waals surface area (Å²) in [5.41, 5.74) is -0.719. The maximum absolute atomic E-state index is 14.5. The van der Waals surface area contributed by atoms with Gasteiger partial charge in [0, 0.05) is 25.4 Å². The fourth-order valence-corrected chi connectivity index (χ4v) is 3.69. The first kappa shape index (κ1) is 17.3. The third-order valence-corrected chi connectivity index (χ3v) is 5.07. The number of carbonyl (C=O) groups is 1. The van der Waals surface area contributed by atoms with Crippen LogP contribution in [0.25, 0.3) is 0 Å². The molecule has 1 aromatic heterocycles. The van der Waals surface area contributed by atoms with Gasteiger partial charge in [0.15, 0.2) is 0 Å². The Morgan fingerprint density at radius 3 is 2.75 bits per heavy atom. The summed E-state index contributed by atoms with van der Waals surface area (Å²) in [6, 6.07) is -0.559. The average molecular weight is 343 g/mol. The van der Waals surface area contributed by atoms with Crippen LogP contribution in [0.5, 0.6) is 0 Å². The molecule has 1 saturated carbocycles. The van der Waals surface area contributed by atoms with Gasteiger partial charge in [-0.1, -0.05) is 12.8 Å². The second-order valence-corrected chi connectivity index (χ2v) is 6.82. The minimum Gasteiger partial charge on any atom is -0.383 e. The highest BCUT2D eigenvalue weighted by Gasteiger charge is 2.59. The molecule has 0 aromatic carbocycles. The minimum absolute atomic E-state index is 0.0558. The van der Waals surface area contributed by atoms with Crippen LogP contribution in [0.3, 0.4) is 0 Å². The lowest BCUT2D eigenvalue weighted by molar-refractivity contribution is -0.191. The maximum atomic E-state index is 14.5. The van der Waals surface area contributed by atoms with Crippen LogP contribution < -0.4 is 5.32 Å². The zero-order valence-electron chi connectivity index (χ0n) is 13.9. The topological polar surface area (TPSA) is 76.4 Å². The van der Waals surface area contributed by atoms with Crippen molar-refractivity contribution >= 4 is 5.91 Å². The molecule has 3 rings (SSSR count). The van der Waals surface area contributed by atoms with Crippen molar-refractivity contribution < 1.29 is 23.4 Å². The number of nitrogens with one attached hydrogen (secondary N) is 1. The van der Waals surface area contributed by atoms with Gasteiger partial charge in [0.05, 0.1) is 11.7 Å². The number of hydrogen-bond acceptors (Lipinski definition) is 4. The van der Waals surface area contributed by atoms with E-state index in [2.05, 4.69) is 10.4 Å². The molecule has 1 aromatic rings. The number of alkyl halides is 2. The van der Waals surface area contributed by atoms with Crippen LogP contribution in [0, 0.1) is 6.92 Å². The van der Waals surface area contributed by atoms with Crippen LogP contribution in [0.1, 0.15) is 49.5 Å². The summed E-state index contributed by atoms with van der Waals surface area (Å²) in [6.07, 6.45) is 2.61. The van der Waals surface area contributed by atoms with Gasteiger partial charge < -0.3 is 15.2 Å². The first-order chi connectivity index (χ1) is 11.2. The highest BCUT2D eigenvalue weighted by Crippen LogP contribution is 2.42. The van der Waals surface area contributed by atoms with Crippen molar-refractivity contribution in [1.82, 2.24) is 15.1 Å². The summed E-state index contributed by atoms with van der Waals surface area (Å²) in [5, 5.41) is 16.8. The Morgan fingerprint density at radius 2 is 2.17 bits per heavy atom. The zero-order valence-corrected chi connectivity index (χ0v) is 13.9. The molecule has 2 N–H and O–H groups in total. The minimum atomic E-state index is -3.80. The molecule has 1 aliphatic heterocycles. The zero-order chi connectivity index (χ0) is 17.5. The summed E-state index contributed by atoms with van der Waals surface area (Å²) in [4.78, 5) is 12.2. The summed E-state index contributed by atoms with van der Waals surface area (Å²) in [7, 11) is 1.77.